The average Bonchev–Trinajstić information content (AvgIpc) is 2.82. The predicted octanol–water partition coefficient (Wildman–Crippen LogP) is 3.70. The van der Waals surface area contributed by atoms with Crippen molar-refractivity contribution < 1.29 is 9.18 Å². The van der Waals surface area contributed by atoms with Gasteiger partial charge in [-0.25, -0.2) is 4.39 Å². The van der Waals surface area contributed by atoms with Crippen LogP contribution >= 0.6 is 11.3 Å². The van der Waals surface area contributed by atoms with Crippen LogP contribution in [0.4, 0.5) is 10.1 Å². The fourth-order valence-electron chi connectivity index (χ4n) is 1.29. The molecule has 0 saturated heterocycles. The molecule has 2 nitrogen and oxygen atoms in total. The van der Waals surface area contributed by atoms with Crippen LogP contribution in [0.1, 0.15) is 9.67 Å². The third-order valence-corrected chi connectivity index (χ3v) is 2.96. The third-order valence-electron chi connectivity index (χ3n) is 2.07. The Morgan fingerprint density at radius 3 is 2.88 bits per heavy atom. The Morgan fingerprint density at radius 1 is 1.29 bits per heavy atom. The summed E-state index contributed by atoms with van der Waals surface area (Å²) in [6, 6.07) is 9.65. The first-order chi connectivity index (χ1) is 8.25. The van der Waals surface area contributed by atoms with Crippen molar-refractivity contribution in [3.8, 4) is 0 Å². The lowest BCUT2D eigenvalue weighted by molar-refractivity contribution is 0.105. The molecule has 0 saturated carbocycles. The first-order valence-corrected chi connectivity index (χ1v) is 5.90. The summed E-state index contributed by atoms with van der Waals surface area (Å²) in [4.78, 5) is 12.3. The van der Waals surface area contributed by atoms with Gasteiger partial charge in [0.1, 0.15) is 5.82 Å². The SMILES string of the molecule is O=C(C=CNc1cccc(F)c1)c1cccs1. The number of hydrogen-bond acceptors (Lipinski definition) is 3. The molecule has 0 bridgehead atoms. The first-order valence-electron chi connectivity index (χ1n) is 5.02. The lowest BCUT2D eigenvalue weighted by atomic mass is 10.3. The maximum Gasteiger partial charge on any atom is 0.197 e. The lowest BCUT2D eigenvalue weighted by Crippen LogP contribution is -1.93. The van der Waals surface area contributed by atoms with Crippen molar-refractivity contribution in [3.05, 3.63) is 64.7 Å². The smallest absolute Gasteiger partial charge is 0.197 e. The van der Waals surface area contributed by atoms with Crippen LogP contribution in [0.25, 0.3) is 0 Å². The van der Waals surface area contributed by atoms with Gasteiger partial charge >= 0.3 is 0 Å². The number of thiophene rings is 1. The monoisotopic (exact) mass is 247 g/mol. The van der Waals surface area contributed by atoms with Crippen molar-refractivity contribution in [3.63, 3.8) is 0 Å². The molecule has 1 N–H and O–H groups in total. The summed E-state index contributed by atoms with van der Waals surface area (Å²) in [5.74, 6) is -0.378. The molecule has 0 spiro atoms. The number of hydrogen-bond donors (Lipinski definition) is 1. The summed E-state index contributed by atoms with van der Waals surface area (Å²) in [6.07, 6.45) is 2.94. The highest BCUT2D eigenvalue weighted by Gasteiger charge is 2.00. The van der Waals surface area contributed by atoms with Crippen LogP contribution < -0.4 is 5.32 Å². The van der Waals surface area contributed by atoms with Crippen LogP contribution in [0.3, 0.4) is 0 Å². The van der Waals surface area contributed by atoms with Crippen molar-refractivity contribution in [1.29, 1.82) is 0 Å². The van der Waals surface area contributed by atoms with E-state index < -0.39 is 0 Å². The maximum absolute atomic E-state index is 12.8. The molecule has 0 fully saturated rings. The largest absolute Gasteiger partial charge is 0.361 e. The number of anilines is 1. The van der Waals surface area contributed by atoms with E-state index in [9.17, 15) is 9.18 Å². The minimum absolute atomic E-state index is 0.0658. The van der Waals surface area contributed by atoms with Gasteiger partial charge in [-0.1, -0.05) is 12.1 Å². The molecule has 0 radical (unpaired) electrons. The van der Waals surface area contributed by atoms with Gasteiger partial charge in [-0.05, 0) is 29.6 Å². The molecule has 4 heteroatoms. The molecular formula is C13H10FNOS. The zero-order valence-electron chi connectivity index (χ0n) is 8.89. The highest BCUT2D eigenvalue weighted by molar-refractivity contribution is 7.12. The van der Waals surface area contributed by atoms with Crippen LogP contribution in [0, 0.1) is 5.82 Å². The topological polar surface area (TPSA) is 29.1 Å². The van der Waals surface area contributed by atoms with Crippen LogP contribution in [0.5, 0.6) is 0 Å². The number of halogens is 1. The normalized spacial score (nSPS) is 10.6. The van der Waals surface area contributed by atoms with E-state index in [1.165, 1.54) is 35.7 Å². The van der Waals surface area contributed by atoms with Gasteiger partial charge in [-0.3, -0.25) is 4.79 Å². The van der Waals surface area contributed by atoms with Gasteiger partial charge in [-0.2, -0.15) is 0 Å². The molecule has 0 amide bonds. The van der Waals surface area contributed by atoms with Gasteiger partial charge in [0.2, 0.25) is 0 Å². The molecule has 0 unspecified atom stereocenters. The molecule has 2 aromatic rings. The number of nitrogens with one attached hydrogen (secondary N) is 1. The van der Waals surface area contributed by atoms with Crippen LogP contribution in [0.2, 0.25) is 0 Å². The first kappa shape index (κ1) is 11.5. The Morgan fingerprint density at radius 2 is 2.18 bits per heavy atom. The van der Waals surface area contributed by atoms with Crippen LogP contribution in [0.15, 0.2) is 54.1 Å². The Hall–Kier alpha value is -1.94. The second-order valence-corrected chi connectivity index (χ2v) is 4.28. The molecule has 0 atom stereocenters. The maximum atomic E-state index is 12.8. The van der Waals surface area contributed by atoms with Crippen molar-refractivity contribution in [1.82, 2.24) is 0 Å². The minimum Gasteiger partial charge on any atom is -0.361 e. The highest BCUT2D eigenvalue weighted by Crippen LogP contribution is 2.11. The van der Waals surface area contributed by atoms with Crippen LogP contribution in [-0.2, 0) is 0 Å². The van der Waals surface area contributed by atoms with Gasteiger partial charge in [0, 0.05) is 18.0 Å². The van der Waals surface area contributed by atoms with Crippen molar-refractivity contribution in [2.24, 2.45) is 0 Å². The van der Waals surface area contributed by atoms with E-state index >= 15 is 0 Å². The molecule has 1 aromatic carbocycles. The zero-order valence-corrected chi connectivity index (χ0v) is 9.71. The number of carbonyl (C=O) groups is 1. The molecular weight excluding hydrogens is 237 g/mol. The van der Waals surface area contributed by atoms with E-state index in [2.05, 4.69) is 5.32 Å². The van der Waals surface area contributed by atoms with Crippen LogP contribution in [-0.4, -0.2) is 5.78 Å². The number of ketones is 1. The molecule has 1 heterocycles. The van der Waals surface area contributed by atoms with Gasteiger partial charge in [0.25, 0.3) is 0 Å². The van der Waals surface area contributed by atoms with E-state index in [1.807, 2.05) is 11.4 Å². The standard InChI is InChI=1S/C13H10FNOS/c14-10-3-1-4-11(9-10)15-7-6-12(16)13-5-2-8-17-13/h1-9,15H. The van der Waals surface area contributed by atoms with E-state index in [4.69, 9.17) is 0 Å². The summed E-state index contributed by atoms with van der Waals surface area (Å²) in [7, 11) is 0. The van der Waals surface area contributed by atoms with Crippen molar-refractivity contribution in [2.75, 3.05) is 5.32 Å². The molecule has 86 valence electrons. The number of carbonyl (C=O) groups excluding carboxylic acids is 1. The molecule has 1 aromatic heterocycles. The average molecular weight is 247 g/mol. The highest BCUT2D eigenvalue weighted by atomic mass is 32.1. The van der Waals surface area contributed by atoms with E-state index in [0.29, 0.717) is 10.6 Å². The fraction of sp³-hybridized carbons (Fsp3) is 0. The number of allylic oxidation sites excluding steroid dienone is 1. The molecule has 17 heavy (non-hydrogen) atoms. The van der Waals surface area contributed by atoms with Gasteiger partial charge in [-0.15, -0.1) is 11.3 Å². The molecule has 2 rings (SSSR count). The van der Waals surface area contributed by atoms with Crippen molar-refractivity contribution in [2.45, 2.75) is 0 Å². The third kappa shape index (κ3) is 3.26. The summed E-state index contributed by atoms with van der Waals surface area (Å²) >= 11 is 1.39. The van der Waals surface area contributed by atoms with E-state index in [0.717, 1.165) is 0 Å². The number of benzene rings is 1. The van der Waals surface area contributed by atoms with E-state index in [-0.39, 0.29) is 11.6 Å². The Kier molecular flexibility index (Phi) is 3.67. The number of rotatable bonds is 4. The second kappa shape index (κ2) is 5.41. The fourth-order valence-corrected chi connectivity index (χ4v) is 1.94. The summed E-state index contributed by atoms with van der Waals surface area (Å²) in [5.41, 5.74) is 0.611. The molecule has 0 aliphatic rings. The summed E-state index contributed by atoms with van der Waals surface area (Å²) in [6.45, 7) is 0. The zero-order chi connectivity index (χ0) is 12.1. The molecule has 0 aliphatic heterocycles. The Balaban J connectivity index is 1.96. The Labute approximate surface area is 102 Å². The Bertz CT molecular complexity index is 534. The van der Waals surface area contributed by atoms with E-state index in [1.54, 1.807) is 18.2 Å². The second-order valence-electron chi connectivity index (χ2n) is 3.33. The quantitative estimate of drug-likeness (QED) is 0.659. The van der Waals surface area contributed by atoms with Gasteiger partial charge in [0.15, 0.2) is 5.78 Å². The predicted molar refractivity (Wildman–Crippen MR) is 67.8 cm³/mol. The minimum atomic E-state index is -0.312. The summed E-state index contributed by atoms with van der Waals surface area (Å²) in [5, 5.41) is 4.69. The van der Waals surface area contributed by atoms with Gasteiger partial charge in [0.05, 0.1) is 4.88 Å². The van der Waals surface area contributed by atoms with Crippen molar-refractivity contribution >= 4 is 22.8 Å². The molecule has 0 aliphatic carbocycles. The van der Waals surface area contributed by atoms with Gasteiger partial charge < -0.3 is 5.32 Å². The lowest BCUT2D eigenvalue weighted by Gasteiger charge is -1.99. The summed E-state index contributed by atoms with van der Waals surface area (Å²) < 4.78 is 12.8.